The molecule has 2 aromatic carbocycles. The summed E-state index contributed by atoms with van der Waals surface area (Å²) < 4.78 is 10.4. The number of nitriles is 1. The molecular formula is C16H12ClNO3. The summed E-state index contributed by atoms with van der Waals surface area (Å²) in [5.41, 5.74) is 0.734. The summed E-state index contributed by atoms with van der Waals surface area (Å²) >= 11 is 5.89. The maximum atomic E-state index is 12.0. The molecule has 0 aliphatic heterocycles. The lowest BCUT2D eigenvalue weighted by Gasteiger charge is -2.08. The Kier molecular flexibility index (Phi) is 4.81. The lowest BCUT2D eigenvalue weighted by Crippen LogP contribution is -2.12. The van der Waals surface area contributed by atoms with Crippen LogP contribution in [0.4, 0.5) is 0 Å². The summed E-state index contributed by atoms with van der Waals surface area (Å²) in [5.74, 6) is 0.780. The molecule has 0 aromatic heterocycles. The van der Waals surface area contributed by atoms with Gasteiger partial charge in [-0.3, -0.25) is 4.79 Å². The standard InChI is InChI=1S/C16H12ClNO3/c1-20-12-7-5-11(6-8-12)15(19)10-21-16-4-2-3-14(17)13(16)9-18/h2-8H,10H2,1H3. The van der Waals surface area contributed by atoms with Crippen LogP contribution in [0.5, 0.6) is 11.5 Å². The van der Waals surface area contributed by atoms with Crippen LogP contribution >= 0.6 is 11.6 Å². The monoisotopic (exact) mass is 301 g/mol. The van der Waals surface area contributed by atoms with Crippen molar-refractivity contribution < 1.29 is 14.3 Å². The Morgan fingerprint density at radius 3 is 2.57 bits per heavy atom. The Labute approximate surface area is 127 Å². The van der Waals surface area contributed by atoms with Crippen molar-refractivity contribution in [3.8, 4) is 17.6 Å². The molecule has 0 unspecified atom stereocenters. The number of methoxy groups -OCH3 is 1. The second-order valence-electron chi connectivity index (χ2n) is 4.17. The number of nitrogens with zero attached hydrogens (tertiary/aromatic N) is 1. The highest BCUT2D eigenvalue weighted by Crippen LogP contribution is 2.25. The van der Waals surface area contributed by atoms with Crippen molar-refractivity contribution >= 4 is 17.4 Å². The number of ketones is 1. The third-order valence-electron chi connectivity index (χ3n) is 2.86. The van der Waals surface area contributed by atoms with E-state index in [0.717, 1.165) is 0 Å². The number of benzene rings is 2. The van der Waals surface area contributed by atoms with Gasteiger partial charge >= 0.3 is 0 Å². The fraction of sp³-hybridized carbons (Fsp3) is 0.125. The number of carbonyl (C=O) groups excluding carboxylic acids is 1. The molecule has 0 amide bonds. The Hall–Kier alpha value is -2.51. The first-order valence-electron chi connectivity index (χ1n) is 6.14. The van der Waals surface area contributed by atoms with E-state index in [2.05, 4.69) is 0 Å². The van der Waals surface area contributed by atoms with Gasteiger partial charge in [-0.1, -0.05) is 17.7 Å². The van der Waals surface area contributed by atoms with Crippen LogP contribution in [-0.2, 0) is 0 Å². The van der Waals surface area contributed by atoms with E-state index < -0.39 is 0 Å². The van der Waals surface area contributed by atoms with E-state index in [1.165, 1.54) is 0 Å². The summed E-state index contributed by atoms with van der Waals surface area (Å²) in [5, 5.41) is 9.32. The number of hydrogen-bond donors (Lipinski definition) is 0. The van der Waals surface area contributed by atoms with Crippen LogP contribution in [0.15, 0.2) is 42.5 Å². The average molecular weight is 302 g/mol. The van der Waals surface area contributed by atoms with Gasteiger partial charge in [-0.2, -0.15) is 5.26 Å². The third-order valence-corrected chi connectivity index (χ3v) is 3.17. The van der Waals surface area contributed by atoms with E-state index in [4.69, 9.17) is 26.3 Å². The van der Waals surface area contributed by atoms with Crippen LogP contribution in [0.25, 0.3) is 0 Å². The van der Waals surface area contributed by atoms with Gasteiger partial charge in [-0.25, -0.2) is 0 Å². The molecule has 2 rings (SSSR count). The molecule has 5 heteroatoms. The van der Waals surface area contributed by atoms with Crippen molar-refractivity contribution in [2.45, 2.75) is 0 Å². The molecule has 2 aromatic rings. The van der Waals surface area contributed by atoms with Gasteiger partial charge in [0.05, 0.1) is 12.1 Å². The van der Waals surface area contributed by atoms with Crippen molar-refractivity contribution in [1.82, 2.24) is 0 Å². The van der Waals surface area contributed by atoms with Crippen molar-refractivity contribution in [1.29, 1.82) is 5.26 Å². The SMILES string of the molecule is COc1ccc(C(=O)COc2cccc(Cl)c2C#N)cc1. The molecule has 0 saturated heterocycles. The molecule has 0 saturated carbocycles. The molecule has 21 heavy (non-hydrogen) atoms. The van der Waals surface area contributed by atoms with Crippen molar-refractivity contribution in [3.63, 3.8) is 0 Å². The maximum absolute atomic E-state index is 12.0. The zero-order chi connectivity index (χ0) is 15.2. The second kappa shape index (κ2) is 6.78. The molecule has 0 bridgehead atoms. The lowest BCUT2D eigenvalue weighted by molar-refractivity contribution is 0.0921. The van der Waals surface area contributed by atoms with Crippen LogP contribution < -0.4 is 9.47 Å². The predicted octanol–water partition coefficient (Wildman–Crippen LogP) is 3.48. The highest BCUT2D eigenvalue weighted by molar-refractivity contribution is 6.31. The Balaban J connectivity index is 2.07. The van der Waals surface area contributed by atoms with Crippen molar-refractivity contribution in [2.75, 3.05) is 13.7 Å². The van der Waals surface area contributed by atoms with Crippen LogP contribution in [0, 0.1) is 11.3 Å². The van der Waals surface area contributed by atoms with Crippen LogP contribution in [0.2, 0.25) is 5.02 Å². The minimum atomic E-state index is -0.193. The van der Waals surface area contributed by atoms with E-state index >= 15 is 0 Å². The maximum Gasteiger partial charge on any atom is 0.200 e. The van der Waals surface area contributed by atoms with Crippen molar-refractivity contribution in [2.24, 2.45) is 0 Å². The number of ether oxygens (including phenoxy) is 2. The largest absolute Gasteiger partial charge is 0.497 e. The fourth-order valence-corrected chi connectivity index (χ4v) is 1.94. The van der Waals surface area contributed by atoms with E-state index in [0.29, 0.717) is 22.1 Å². The third kappa shape index (κ3) is 3.53. The van der Waals surface area contributed by atoms with Crippen LogP contribution in [0.3, 0.4) is 0 Å². The Bertz CT molecular complexity index is 690. The van der Waals surface area contributed by atoms with Gasteiger partial charge in [-0.15, -0.1) is 0 Å². The van der Waals surface area contributed by atoms with Gasteiger partial charge < -0.3 is 9.47 Å². The molecule has 106 valence electrons. The second-order valence-corrected chi connectivity index (χ2v) is 4.57. The first-order chi connectivity index (χ1) is 10.2. The van der Waals surface area contributed by atoms with Gasteiger partial charge in [0.1, 0.15) is 23.1 Å². The smallest absolute Gasteiger partial charge is 0.200 e. The molecule has 0 aliphatic rings. The normalized spacial score (nSPS) is 9.76. The molecule has 0 spiro atoms. The zero-order valence-corrected chi connectivity index (χ0v) is 12.1. The fourth-order valence-electron chi connectivity index (χ4n) is 1.74. The number of rotatable bonds is 5. The van der Waals surface area contributed by atoms with Gasteiger partial charge in [0, 0.05) is 5.56 Å². The van der Waals surface area contributed by atoms with Gasteiger partial charge in [-0.05, 0) is 36.4 Å². The van der Waals surface area contributed by atoms with Gasteiger partial charge in [0.2, 0.25) is 0 Å². The molecule has 4 nitrogen and oxygen atoms in total. The molecule has 0 aliphatic carbocycles. The minimum Gasteiger partial charge on any atom is -0.497 e. The first kappa shape index (κ1) is 14.9. The molecule has 0 fully saturated rings. The quantitative estimate of drug-likeness (QED) is 0.793. The highest BCUT2D eigenvalue weighted by atomic mass is 35.5. The topological polar surface area (TPSA) is 59.3 Å². The van der Waals surface area contributed by atoms with E-state index in [1.54, 1.807) is 49.6 Å². The zero-order valence-electron chi connectivity index (χ0n) is 11.3. The lowest BCUT2D eigenvalue weighted by atomic mass is 10.1. The summed E-state index contributed by atoms with van der Waals surface area (Å²) in [6.45, 7) is -0.165. The number of halogens is 1. The first-order valence-corrected chi connectivity index (χ1v) is 6.52. The van der Waals surface area contributed by atoms with E-state index in [-0.39, 0.29) is 18.0 Å². The van der Waals surface area contributed by atoms with E-state index in [9.17, 15) is 4.79 Å². The van der Waals surface area contributed by atoms with Crippen LogP contribution in [0.1, 0.15) is 15.9 Å². The summed E-state index contributed by atoms with van der Waals surface area (Å²) in [6.07, 6.45) is 0. The Morgan fingerprint density at radius 2 is 1.95 bits per heavy atom. The summed E-state index contributed by atoms with van der Waals surface area (Å²) in [6, 6.07) is 13.5. The number of Topliss-reactive ketones (excluding diaryl/α,β-unsaturated/α-hetero) is 1. The molecule has 0 heterocycles. The molecule has 0 radical (unpaired) electrons. The average Bonchev–Trinajstić information content (AvgIpc) is 2.52. The van der Waals surface area contributed by atoms with Crippen LogP contribution in [-0.4, -0.2) is 19.5 Å². The molecular weight excluding hydrogens is 290 g/mol. The van der Waals surface area contributed by atoms with Crippen molar-refractivity contribution in [3.05, 3.63) is 58.6 Å². The number of carbonyl (C=O) groups is 1. The summed E-state index contributed by atoms with van der Waals surface area (Å²) in [7, 11) is 1.56. The molecule has 0 N–H and O–H groups in total. The Morgan fingerprint density at radius 1 is 1.24 bits per heavy atom. The van der Waals surface area contributed by atoms with Gasteiger partial charge in [0.25, 0.3) is 0 Å². The molecule has 0 atom stereocenters. The van der Waals surface area contributed by atoms with Gasteiger partial charge in [0.15, 0.2) is 12.4 Å². The number of hydrogen-bond acceptors (Lipinski definition) is 4. The highest BCUT2D eigenvalue weighted by Gasteiger charge is 2.11. The minimum absolute atomic E-state index is 0.165. The van der Waals surface area contributed by atoms with E-state index in [1.807, 2.05) is 6.07 Å². The summed E-state index contributed by atoms with van der Waals surface area (Å²) in [4.78, 5) is 12.0. The predicted molar refractivity (Wildman–Crippen MR) is 79.0 cm³/mol.